The monoisotopic (exact) mass is 449 g/mol. The van der Waals surface area contributed by atoms with Crippen molar-refractivity contribution in [1.82, 2.24) is 14.5 Å². The SMILES string of the molecule is CC(=O)N1CCN(S(=O)(=O)c2ccc(C(=O)NC(c3cccs3)C(C)C)cc2)CC1. The summed E-state index contributed by atoms with van der Waals surface area (Å²) >= 11 is 1.60. The molecule has 3 rings (SSSR count). The van der Waals surface area contributed by atoms with Gasteiger partial charge in [0.05, 0.1) is 10.9 Å². The van der Waals surface area contributed by atoms with Crippen LogP contribution >= 0.6 is 11.3 Å². The number of nitrogens with one attached hydrogen (secondary N) is 1. The van der Waals surface area contributed by atoms with Crippen LogP contribution in [0, 0.1) is 5.92 Å². The van der Waals surface area contributed by atoms with Crippen molar-refractivity contribution in [1.29, 1.82) is 0 Å². The van der Waals surface area contributed by atoms with Crippen LogP contribution in [0.4, 0.5) is 0 Å². The number of thiophene rings is 1. The second-order valence-electron chi connectivity index (χ2n) is 7.65. The normalized spacial score (nSPS) is 16.5. The highest BCUT2D eigenvalue weighted by Crippen LogP contribution is 2.26. The Morgan fingerprint density at radius 3 is 2.17 bits per heavy atom. The minimum absolute atomic E-state index is 0.0512. The first-order valence-corrected chi connectivity index (χ1v) is 12.2. The average Bonchev–Trinajstić information content (AvgIpc) is 3.26. The van der Waals surface area contributed by atoms with Gasteiger partial charge in [0.15, 0.2) is 0 Å². The van der Waals surface area contributed by atoms with Crippen molar-refractivity contribution in [2.75, 3.05) is 26.2 Å². The Hall–Kier alpha value is -2.23. The van der Waals surface area contributed by atoms with Gasteiger partial charge in [0, 0.05) is 43.5 Å². The first kappa shape index (κ1) is 22.5. The van der Waals surface area contributed by atoms with E-state index in [1.54, 1.807) is 28.4 Å². The third kappa shape index (κ3) is 4.91. The third-order valence-corrected chi connectivity index (χ3v) is 8.11. The summed E-state index contributed by atoms with van der Waals surface area (Å²) in [5.74, 6) is -0.0632. The summed E-state index contributed by atoms with van der Waals surface area (Å²) in [5.41, 5.74) is 0.414. The van der Waals surface area contributed by atoms with Crippen LogP contribution in [0.2, 0.25) is 0 Å². The lowest BCUT2D eigenvalue weighted by atomic mass is 10.0. The first-order valence-electron chi connectivity index (χ1n) is 9.90. The summed E-state index contributed by atoms with van der Waals surface area (Å²) in [5, 5.41) is 5.03. The fraction of sp³-hybridized carbons (Fsp3) is 0.429. The molecule has 1 aliphatic rings. The van der Waals surface area contributed by atoms with Crippen molar-refractivity contribution in [3.05, 3.63) is 52.2 Å². The summed E-state index contributed by atoms with van der Waals surface area (Å²) in [4.78, 5) is 27.0. The molecule has 0 spiro atoms. The fourth-order valence-electron chi connectivity index (χ4n) is 3.43. The number of hydrogen-bond donors (Lipinski definition) is 1. The maximum atomic E-state index is 12.9. The molecule has 7 nitrogen and oxygen atoms in total. The van der Waals surface area contributed by atoms with Crippen molar-refractivity contribution in [3.63, 3.8) is 0 Å². The number of nitrogens with zero attached hydrogens (tertiary/aromatic N) is 2. The minimum Gasteiger partial charge on any atom is -0.344 e. The van der Waals surface area contributed by atoms with Gasteiger partial charge in [-0.3, -0.25) is 9.59 Å². The van der Waals surface area contributed by atoms with E-state index < -0.39 is 10.0 Å². The number of sulfonamides is 1. The quantitative estimate of drug-likeness (QED) is 0.735. The zero-order valence-electron chi connectivity index (χ0n) is 17.4. The Kier molecular flexibility index (Phi) is 6.95. The molecule has 1 aromatic heterocycles. The van der Waals surface area contributed by atoms with Gasteiger partial charge in [-0.15, -0.1) is 11.3 Å². The Morgan fingerprint density at radius 2 is 1.67 bits per heavy atom. The lowest BCUT2D eigenvalue weighted by Crippen LogP contribution is -2.49. The molecular weight excluding hydrogens is 422 g/mol. The molecule has 2 heterocycles. The Labute approximate surface area is 181 Å². The fourth-order valence-corrected chi connectivity index (χ4v) is 5.80. The second kappa shape index (κ2) is 9.28. The van der Waals surface area contributed by atoms with Gasteiger partial charge in [-0.05, 0) is 41.6 Å². The van der Waals surface area contributed by atoms with Crippen LogP contribution in [0.25, 0.3) is 0 Å². The molecule has 2 amide bonds. The van der Waals surface area contributed by atoms with E-state index in [-0.39, 0.29) is 41.8 Å². The molecule has 1 N–H and O–H groups in total. The summed E-state index contributed by atoms with van der Waals surface area (Å²) in [6.07, 6.45) is 0. The Balaban J connectivity index is 1.69. The zero-order valence-corrected chi connectivity index (χ0v) is 19.0. The molecule has 2 aromatic rings. The highest BCUT2D eigenvalue weighted by Gasteiger charge is 2.29. The largest absolute Gasteiger partial charge is 0.344 e. The van der Waals surface area contributed by atoms with Gasteiger partial charge in [0.1, 0.15) is 0 Å². The highest BCUT2D eigenvalue weighted by molar-refractivity contribution is 7.89. The molecule has 1 aliphatic heterocycles. The van der Waals surface area contributed by atoms with Gasteiger partial charge in [-0.25, -0.2) is 8.42 Å². The Morgan fingerprint density at radius 1 is 1.03 bits per heavy atom. The van der Waals surface area contributed by atoms with E-state index in [1.165, 1.54) is 23.4 Å². The highest BCUT2D eigenvalue weighted by atomic mass is 32.2. The summed E-state index contributed by atoms with van der Waals surface area (Å²) < 4.78 is 27.2. The number of rotatable bonds is 6. The van der Waals surface area contributed by atoms with E-state index in [1.807, 2.05) is 31.4 Å². The smallest absolute Gasteiger partial charge is 0.251 e. The van der Waals surface area contributed by atoms with Crippen molar-refractivity contribution in [3.8, 4) is 0 Å². The molecule has 0 aliphatic carbocycles. The van der Waals surface area contributed by atoms with E-state index in [2.05, 4.69) is 5.32 Å². The molecule has 1 atom stereocenters. The van der Waals surface area contributed by atoms with Gasteiger partial charge >= 0.3 is 0 Å². The summed E-state index contributed by atoms with van der Waals surface area (Å²) in [6, 6.07) is 9.88. The maximum absolute atomic E-state index is 12.9. The average molecular weight is 450 g/mol. The molecule has 9 heteroatoms. The van der Waals surface area contributed by atoms with Crippen molar-refractivity contribution >= 4 is 33.2 Å². The van der Waals surface area contributed by atoms with Crippen LogP contribution < -0.4 is 5.32 Å². The second-order valence-corrected chi connectivity index (χ2v) is 10.6. The van der Waals surface area contributed by atoms with Crippen LogP contribution in [0.5, 0.6) is 0 Å². The zero-order chi connectivity index (χ0) is 21.9. The summed E-state index contributed by atoms with van der Waals surface area (Å²) in [7, 11) is -3.66. The van der Waals surface area contributed by atoms with Gasteiger partial charge in [-0.1, -0.05) is 19.9 Å². The van der Waals surface area contributed by atoms with Crippen LogP contribution in [-0.2, 0) is 14.8 Å². The molecule has 0 radical (unpaired) electrons. The number of carbonyl (C=O) groups excluding carboxylic acids is 2. The molecule has 0 bridgehead atoms. The van der Waals surface area contributed by atoms with Crippen molar-refractivity contribution in [2.45, 2.75) is 31.7 Å². The Bertz CT molecular complexity index is 978. The third-order valence-electron chi connectivity index (χ3n) is 5.24. The number of benzene rings is 1. The summed E-state index contributed by atoms with van der Waals surface area (Å²) in [6.45, 7) is 6.87. The van der Waals surface area contributed by atoms with Gasteiger partial charge in [-0.2, -0.15) is 4.31 Å². The van der Waals surface area contributed by atoms with Crippen LogP contribution in [-0.4, -0.2) is 55.6 Å². The molecule has 1 aromatic carbocycles. The number of hydrogen-bond acceptors (Lipinski definition) is 5. The number of carbonyl (C=O) groups is 2. The molecule has 162 valence electrons. The lowest BCUT2D eigenvalue weighted by Gasteiger charge is -2.33. The molecule has 1 unspecified atom stereocenters. The van der Waals surface area contributed by atoms with Crippen LogP contribution in [0.15, 0.2) is 46.7 Å². The van der Waals surface area contributed by atoms with Crippen molar-refractivity contribution in [2.24, 2.45) is 5.92 Å². The van der Waals surface area contributed by atoms with Crippen molar-refractivity contribution < 1.29 is 18.0 Å². The topological polar surface area (TPSA) is 86.8 Å². The van der Waals surface area contributed by atoms with Crippen LogP contribution in [0.1, 0.15) is 42.0 Å². The maximum Gasteiger partial charge on any atom is 0.251 e. The van der Waals surface area contributed by atoms with E-state index >= 15 is 0 Å². The van der Waals surface area contributed by atoms with Gasteiger partial charge in [0.25, 0.3) is 5.91 Å². The predicted molar refractivity (Wildman–Crippen MR) is 117 cm³/mol. The number of piperazine rings is 1. The minimum atomic E-state index is -3.66. The van der Waals surface area contributed by atoms with E-state index in [4.69, 9.17) is 0 Å². The van der Waals surface area contributed by atoms with Gasteiger partial charge < -0.3 is 10.2 Å². The number of amides is 2. The lowest BCUT2D eigenvalue weighted by molar-refractivity contribution is -0.129. The standard InChI is InChI=1S/C21H27N3O4S2/c1-15(2)20(19-5-4-14-29-19)22-21(26)17-6-8-18(9-7-17)30(27,28)24-12-10-23(11-13-24)16(3)25/h4-9,14-15,20H,10-13H2,1-3H3,(H,22,26). The molecular formula is C21H27N3O4S2. The molecule has 1 saturated heterocycles. The first-order chi connectivity index (χ1) is 14.2. The van der Waals surface area contributed by atoms with Gasteiger partial charge in [0.2, 0.25) is 15.9 Å². The predicted octanol–water partition coefficient (Wildman–Crippen LogP) is 2.73. The van der Waals surface area contributed by atoms with E-state index in [0.717, 1.165) is 4.88 Å². The van der Waals surface area contributed by atoms with E-state index in [9.17, 15) is 18.0 Å². The molecule has 1 fully saturated rings. The molecule has 0 saturated carbocycles. The van der Waals surface area contributed by atoms with Crippen LogP contribution in [0.3, 0.4) is 0 Å². The van der Waals surface area contributed by atoms with E-state index in [0.29, 0.717) is 18.7 Å². The molecule has 30 heavy (non-hydrogen) atoms.